The first-order valence-corrected chi connectivity index (χ1v) is 7.91. The van der Waals surface area contributed by atoms with Crippen molar-refractivity contribution < 1.29 is 23.7 Å². The third-order valence-corrected chi connectivity index (χ3v) is 4.24. The van der Waals surface area contributed by atoms with Gasteiger partial charge < -0.3 is 18.9 Å². The Bertz CT molecular complexity index is 533. The maximum Gasteiger partial charge on any atom is 0.335 e. The number of ether oxygens (including phenoxy) is 4. The van der Waals surface area contributed by atoms with E-state index in [9.17, 15) is 4.79 Å². The molecule has 1 aromatic rings. The van der Waals surface area contributed by atoms with Crippen LogP contribution in [-0.4, -0.2) is 57.9 Å². The predicted molar refractivity (Wildman–Crippen MR) is 76.4 cm³/mol. The SMILES string of the molecule is CC(COc1nnnn1C)OC(=O)C1CCC2(CC1)OCCO2. The van der Waals surface area contributed by atoms with Gasteiger partial charge in [-0.1, -0.05) is 5.10 Å². The number of nitrogens with zero attached hydrogens (tertiary/aromatic N) is 4. The van der Waals surface area contributed by atoms with Gasteiger partial charge in [-0.25, -0.2) is 0 Å². The van der Waals surface area contributed by atoms with Gasteiger partial charge in [0.15, 0.2) is 5.79 Å². The van der Waals surface area contributed by atoms with Crippen LogP contribution in [0.5, 0.6) is 6.01 Å². The molecule has 9 heteroatoms. The molecule has 0 bridgehead atoms. The van der Waals surface area contributed by atoms with Crippen LogP contribution in [0.15, 0.2) is 0 Å². The molecule has 1 aromatic heterocycles. The average Bonchev–Trinajstić information content (AvgIpc) is 3.15. The number of carbonyl (C=O) groups excluding carboxylic acids is 1. The summed E-state index contributed by atoms with van der Waals surface area (Å²) in [5, 5.41) is 10.8. The predicted octanol–water partition coefficient (Wildman–Crippen LogP) is 0.454. The highest BCUT2D eigenvalue weighted by Crippen LogP contribution is 2.38. The van der Waals surface area contributed by atoms with Crippen molar-refractivity contribution in [3.05, 3.63) is 0 Å². The molecule has 0 amide bonds. The number of tetrazole rings is 1. The molecule has 0 aromatic carbocycles. The number of aryl methyl sites for hydroxylation is 1. The Balaban J connectivity index is 1.41. The van der Waals surface area contributed by atoms with E-state index in [2.05, 4.69) is 15.5 Å². The molecule has 3 rings (SSSR count). The second-order valence-corrected chi connectivity index (χ2v) is 6.03. The van der Waals surface area contributed by atoms with Crippen molar-refractivity contribution in [3.8, 4) is 6.01 Å². The van der Waals surface area contributed by atoms with E-state index in [1.165, 1.54) is 4.68 Å². The van der Waals surface area contributed by atoms with Crippen LogP contribution < -0.4 is 4.74 Å². The number of esters is 1. The second-order valence-electron chi connectivity index (χ2n) is 6.03. The number of hydrogen-bond donors (Lipinski definition) is 0. The molecule has 2 aliphatic rings. The summed E-state index contributed by atoms with van der Waals surface area (Å²) in [7, 11) is 1.68. The lowest BCUT2D eigenvalue weighted by Crippen LogP contribution is -2.38. The van der Waals surface area contributed by atoms with Crippen molar-refractivity contribution in [2.75, 3.05) is 19.8 Å². The number of aromatic nitrogens is 4. The van der Waals surface area contributed by atoms with E-state index < -0.39 is 5.79 Å². The first kappa shape index (κ1) is 16.1. The zero-order valence-electron chi connectivity index (χ0n) is 13.4. The fourth-order valence-electron chi connectivity index (χ4n) is 2.94. The lowest BCUT2D eigenvalue weighted by Gasteiger charge is -2.34. The van der Waals surface area contributed by atoms with Gasteiger partial charge in [-0.15, -0.1) is 0 Å². The van der Waals surface area contributed by atoms with Crippen LogP contribution in [0.25, 0.3) is 0 Å². The summed E-state index contributed by atoms with van der Waals surface area (Å²) in [5.41, 5.74) is 0. The highest BCUT2D eigenvalue weighted by molar-refractivity contribution is 5.72. The van der Waals surface area contributed by atoms with Crippen molar-refractivity contribution in [1.29, 1.82) is 0 Å². The lowest BCUT2D eigenvalue weighted by atomic mass is 9.85. The molecular formula is C14H22N4O5. The smallest absolute Gasteiger partial charge is 0.335 e. The van der Waals surface area contributed by atoms with Crippen molar-refractivity contribution in [2.45, 2.75) is 44.5 Å². The first-order chi connectivity index (χ1) is 11.1. The number of carbonyl (C=O) groups is 1. The fourth-order valence-corrected chi connectivity index (χ4v) is 2.94. The topological polar surface area (TPSA) is 97.6 Å². The molecule has 1 aliphatic carbocycles. The molecule has 1 aliphatic heterocycles. The van der Waals surface area contributed by atoms with Gasteiger partial charge in [0.05, 0.1) is 19.1 Å². The minimum Gasteiger partial charge on any atom is -0.459 e. The van der Waals surface area contributed by atoms with E-state index in [0.717, 1.165) is 25.7 Å². The van der Waals surface area contributed by atoms with Crippen LogP contribution in [0.2, 0.25) is 0 Å². The molecular weight excluding hydrogens is 304 g/mol. The zero-order chi connectivity index (χ0) is 16.3. The normalized spacial score (nSPS) is 22.2. The van der Waals surface area contributed by atoms with Gasteiger partial charge >= 0.3 is 12.0 Å². The van der Waals surface area contributed by atoms with E-state index in [1.54, 1.807) is 14.0 Å². The van der Waals surface area contributed by atoms with E-state index >= 15 is 0 Å². The number of hydrogen-bond acceptors (Lipinski definition) is 8. The second kappa shape index (κ2) is 6.79. The number of rotatable bonds is 5. The molecule has 2 fully saturated rings. The Morgan fingerprint density at radius 3 is 2.70 bits per heavy atom. The van der Waals surface area contributed by atoms with E-state index in [-0.39, 0.29) is 24.6 Å². The standard InChI is InChI=1S/C14H22N4O5/c1-10(9-20-13-15-16-17-18(13)2)23-12(19)11-3-5-14(6-4-11)21-7-8-22-14/h10-11H,3-9H2,1-2H3. The lowest BCUT2D eigenvalue weighted by molar-refractivity contribution is -0.189. The largest absolute Gasteiger partial charge is 0.459 e. The van der Waals surface area contributed by atoms with Gasteiger partial charge in [-0.05, 0) is 30.2 Å². The Kier molecular flexibility index (Phi) is 4.76. The molecule has 1 spiro atoms. The molecule has 128 valence electrons. The quantitative estimate of drug-likeness (QED) is 0.720. The van der Waals surface area contributed by atoms with Gasteiger partial charge in [-0.2, -0.15) is 4.68 Å². The summed E-state index contributed by atoms with van der Waals surface area (Å²) in [6.07, 6.45) is 2.55. The fraction of sp³-hybridized carbons (Fsp3) is 0.857. The van der Waals surface area contributed by atoms with Crippen LogP contribution in [-0.2, 0) is 26.1 Å². The summed E-state index contributed by atoms with van der Waals surface area (Å²) < 4.78 is 23.6. The monoisotopic (exact) mass is 326 g/mol. The van der Waals surface area contributed by atoms with Crippen molar-refractivity contribution in [2.24, 2.45) is 13.0 Å². The Morgan fingerprint density at radius 1 is 1.39 bits per heavy atom. The van der Waals surface area contributed by atoms with Gasteiger partial charge in [-0.3, -0.25) is 4.79 Å². The molecule has 2 heterocycles. The third kappa shape index (κ3) is 3.78. The van der Waals surface area contributed by atoms with E-state index in [4.69, 9.17) is 18.9 Å². The molecule has 1 saturated carbocycles. The van der Waals surface area contributed by atoms with Crippen molar-refractivity contribution in [3.63, 3.8) is 0 Å². The highest BCUT2D eigenvalue weighted by Gasteiger charge is 2.42. The zero-order valence-corrected chi connectivity index (χ0v) is 13.4. The van der Waals surface area contributed by atoms with Crippen LogP contribution >= 0.6 is 0 Å². The third-order valence-electron chi connectivity index (χ3n) is 4.24. The van der Waals surface area contributed by atoms with E-state index in [0.29, 0.717) is 19.2 Å². The van der Waals surface area contributed by atoms with E-state index in [1.807, 2.05) is 0 Å². The van der Waals surface area contributed by atoms with Crippen LogP contribution in [0.3, 0.4) is 0 Å². The van der Waals surface area contributed by atoms with Crippen molar-refractivity contribution in [1.82, 2.24) is 20.2 Å². The van der Waals surface area contributed by atoms with Crippen molar-refractivity contribution >= 4 is 5.97 Å². The summed E-state index contributed by atoms with van der Waals surface area (Å²) in [6, 6.07) is 0.294. The minimum atomic E-state index is -0.455. The molecule has 23 heavy (non-hydrogen) atoms. The van der Waals surface area contributed by atoms with Gasteiger partial charge in [0.2, 0.25) is 0 Å². The van der Waals surface area contributed by atoms with Gasteiger partial charge in [0.1, 0.15) is 12.7 Å². The average molecular weight is 326 g/mol. The molecule has 1 unspecified atom stereocenters. The summed E-state index contributed by atoms with van der Waals surface area (Å²) >= 11 is 0. The van der Waals surface area contributed by atoms with Gasteiger partial charge in [0, 0.05) is 19.9 Å². The molecule has 1 saturated heterocycles. The van der Waals surface area contributed by atoms with Crippen LogP contribution in [0.4, 0.5) is 0 Å². The maximum absolute atomic E-state index is 12.2. The maximum atomic E-state index is 12.2. The van der Waals surface area contributed by atoms with Crippen LogP contribution in [0.1, 0.15) is 32.6 Å². The molecule has 9 nitrogen and oxygen atoms in total. The van der Waals surface area contributed by atoms with Crippen LogP contribution in [0, 0.1) is 5.92 Å². The Hall–Kier alpha value is -1.74. The Labute approximate surface area is 134 Å². The molecule has 0 N–H and O–H groups in total. The highest BCUT2D eigenvalue weighted by atomic mass is 16.7. The molecule has 0 radical (unpaired) electrons. The van der Waals surface area contributed by atoms with Gasteiger partial charge in [0.25, 0.3) is 0 Å². The minimum absolute atomic E-state index is 0.104. The summed E-state index contributed by atoms with van der Waals surface area (Å²) in [5.74, 6) is -0.749. The summed E-state index contributed by atoms with van der Waals surface area (Å²) in [4.78, 5) is 12.2. The first-order valence-electron chi connectivity index (χ1n) is 7.91. The summed E-state index contributed by atoms with van der Waals surface area (Å²) in [6.45, 7) is 3.28. The molecule has 1 atom stereocenters. The Morgan fingerprint density at radius 2 is 2.09 bits per heavy atom.